The largest absolute Gasteiger partial charge is 0.619 e. The first-order valence-electron chi connectivity index (χ1n) is 10.5. The summed E-state index contributed by atoms with van der Waals surface area (Å²) in [5.41, 5.74) is 4.10. The number of benzene rings is 1. The summed E-state index contributed by atoms with van der Waals surface area (Å²) >= 11 is 0. The average Bonchev–Trinajstić information content (AvgIpc) is 2.70. The molecule has 1 aromatic heterocycles. The number of nitrogens with one attached hydrogen (secondary N) is 1. The fourth-order valence-corrected chi connectivity index (χ4v) is 3.78. The third-order valence-corrected chi connectivity index (χ3v) is 5.31. The van der Waals surface area contributed by atoms with Crippen LogP contribution in [0.5, 0.6) is 5.75 Å². The van der Waals surface area contributed by atoms with Crippen molar-refractivity contribution in [3.63, 3.8) is 0 Å². The Morgan fingerprint density at radius 2 is 2.03 bits per heavy atom. The summed E-state index contributed by atoms with van der Waals surface area (Å²) in [5, 5.41) is 14.1. The third-order valence-electron chi connectivity index (χ3n) is 5.31. The molecule has 3 rings (SSSR count). The molecule has 0 spiro atoms. The number of carbonyl (C=O) groups is 1. The Bertz CT molecular complexity index is 832. The number of ether oxygens (including phenoxy) is 1. The first-order valence-corrected chi connectivity index (χ1v) is 10.5. The van der Waals surface area contributed by atoms with Crippen LogP contribution in [0.2, 0.25) is 0 Å². The Kier molecular flexibility index (Phi) is 7.47. The highest BCUT2D eigenvalue weighted by Gasteiger charge is 2.16. The second-order valence-corrected chi connectivity index (χ2v) is 7.81. The Balaban J connectivity index is 1.51. The van der Waals surface area contributed by atoms with Gasteiger partial charge in [-0.1, -0.05) is 12.5 Å². The van der Waals surface area contributed by atoms with Crippen molar-refractivity contribution < 1.29 is 14.3 Å². The maximum atomic E-state index is 12.1. The summed E-state index contributed by atoms with van der Waals surface area (Å²) in [6.07, 6.45) is 7.20. The van der Waals surface area contributed by atoms with Gasteiger partial charge in [-0.3, -0.25) is 9.69 Å². The van der Waals surface area contributed by atoms with E-state index < -0.39 is 0 Å². The van der Waals surface area contributed by atoms with Crippen LogP contribution < -0.4 is 14.8 Å². The lowest BCUT2D eigenvalue weighted by atomic mass is 10.0. The summed E-state index contributed by atoms with van der Waals surface area (Å²) in [4.78, 5) is 14.6. The van der Waals surface area contributed by atoms with Gasteiger partial charge in [0, 0.05) is 24.7 Å². The van der Waals surface area contributed by atoms with Crippen molar-refractivity contribution in [1.82, 2.24) is 10.2 Å². The van der Waals surface area contributed by atoms with Crippen LogP contribution in [0.25, 0.3) is 0 Å². The van der Waals surface area contributed by atoms with E-state index in [2.05, 4.69) is 36.2 Å². The molecule has 2 aromatic rings. The fraction of sp³-hybridized carbons (Fsp3) is 0.478. The molecule has 29 heavy (non-hydrogen) atoms. The Morgan fingerprint density at radius 1 is 1.24 bits per heavy atom. The van der Waals surface area contributed by atoms with Gasteiger partial charge < -0.3 is 15.3 Å². The normalized spacial score (nSPS) is 14.6. The lowest BCUT2D eigenvalue weighted by Gasteiger charge is -2.28. The van der Waals surface area contributed by atoms with Gasteiger partial charge in [0.15, 0.2) is 12.4 Å². The zero-order valence-corrected chi connectivity index (χ0v) is 17.4. The molecular formula is C23H31N3O3. The molecule has 2 heterocycles. The molecule has 1 aliphatic heterocycles. The van der Waals surface area contributed by atoms with E-state index in [9.17, 15) is 10.0 Å². The number of nitrogens with zero attached hydrogens (tertiary/aromatic N) is 2. The fourth-order valence-electron chi connectivity index (χ4n) is 3.78. The van der Waals surface area contributed by atoms with Gasteiger partial charge in [-0.2, -0.15) is 4.73 Å². The molecule has 1 N–H and O–H groups in total. The number of rotatable bonds is 8. The van der Waals surface area contributed by atoms with E-state index in [0.29, 0.717) is 29.9 Å². The second-order valence-electron chi connectivity index (χ2n) is 7.81. The monoisotopic (exact) mass is 397 g/mol. The quantitative estimate of drug-likeness (QED) is 0.422. The number of piperidine rings is 1. The molecule has 1 amide bonds. The Hall–Kier alpha value is -2.60. The minimum atomic E-state index is -0.243. The van der Waals surface area contributed by atoms with Gasteiger partial charge in [-0.05, 0) is 69.5 Å². The van der Waals surface area contributed by atoms with Crippen LogP contribution in [0.3, 0.4) is 0 Å². The van der Waals surface area contributed by atoms with Crippen LogP contribution >= 0.6 is 0 Å². The van der Waals surface area contributed by atoms with Crippen molar-refractivity contribution >= 4 is 5.91 Å². The zero-order chi connectivity index (χ0) is 20.6. The summed E-state index contributed by atoms with van der Waals surface area (Å²) in [7, 11) is 0. The van der Waals surface area contributed by atoms with E-state index >= 15 is 0 Å². The molecule has 0 atom stereocenters. The molecule has 1 saturated heterocycles. The topological polar surface area (TPSA) is 68.5 Å². The van der Waals surface area contributed by atoms with Crippen molar-refractivity contribution in [2.24, 2.45) is 0 Å². The van der Waals surface area contributed by atoms with Gasteiger partial charge in [0.05, 0.1) is 6.61 Å². The SMILES string of the molecule is Cc1cc(C)c(CN2CCCCC2)c(OCCCNC(=O)c2ccc[n+]([O-])c2)c1. The van der Waals surface area contributed by atoms with Gasteiger partial charge in [-0.15, -0.1) is 0 Å². The lowest BCUT2D eigenvalue weighted by molar-refractivity contribution is -0.605. The molecule has 0 bridgehead atoms. The van der Waals surface area contributed by atoms with Crippen LogP contribution in [-0.2, 0) is 6.54 Å². The molecular weight excluding hydrogens is 366 g/mol. The van der Waals surface area contributed by atoms with Crippen molar-refractivity contribution in [2.75, 3.05) is 26.2 Å². The molecule has 0 unspecified atom stereocenters. The smallest absolute Gasteiger partial charge is 0.257 e. The molecule has 6 nitrogen and oxygen atoms in total. The van der Waals surface area contributed by atoms with Crippen molar-refractivity contribution in [3.05, 3.63) is 64.1 Å². The van der Waals surface area contributed by atoms with E-state index in [1.165, 1.54) is 48.3 Å². The maximum Gasteiger partial charge on any atom is 0.257 e. The van der Waals surface area contributed by atoms with E-state index in [1.54, 1.807) is 12.1 Å². The Morgan fingerprint density at radius 3 is 2.79 bits per heavy atom. The summed E-state index contributed by atoms with van der Waals surface area (Å²) < 4.78 is 6.74. The third kappa shape index (κ3) is 6.19. The number of pyridine rings is 1. The van der Waals surface area contributed by atoms with Gasteiger partial charge in [-0.25, -0.2) is 0 Å². The number of likely N-dealkylation sites (tertiary alicyclic amines) is 1. The zero-order valence-electron chi connectivity index (χ0n) is 17.4. The van der Waals surface area contributed by atoms with E-state index in [1.807, 2.05) is 0 Å². The maximum absolute atomic E-state index is 12.1. The predicted octanol–water partition coefficient (Wildman–Crippen LogP) is 3.12. The summed E-state index contributed by atoms with van der Waals surface area (Å²) in [5.74, 6) is 0.710. The molecule has 0 aliphatic carbocycles. The Labute approximate surface area is 173 Å². The summed E-state index contributed by atoms with van der Waals surface area (Å²) in [6.45, 7) is 8.52. The number of carbonyl (C=O) groups excluding carboxylic acids is 1. The molecule has 0 saturated carbocycles. The van der Waals surface area contributed by atoms with Crippen LogP contribution in [0, 0.1) is 19.1 Å². The number of amides is 1. The van der Waals surface area contributed by atoms with Gasteiger partial charge in [0.2, 0.25) is 0 Å². The second kappa shape index (κ2) is 10.3. The van der Waals surface area contributed by atoms with E-state index in [-0.39, 0.29) is 5.91 Å². The van der Waals surface area contributed by atoms with Crippen LogP contribution in [0.1, 0.15) is 52.7 Å². The first kappa shape index (κ1) is 21.1. The van der Waals surface area contributed by atoms with Crippen LogP contribution in [0.15, 0.2) is 36.7 Å². The van der Waals surface area contributed by atoms with Gasteiger partial charge in [0.25, 0.3) is 5.91 Å². The predicted molar refractivity (Wildman–Crippen MR) is 113 cm³/mol. The van der Waals surface area contributed by atoms with Crippen molar-refractivity contribution in [1.29, 1.82) is 0 Å². The lowest BCUT2D eigenvalue weighted by Crippen LogP contribution is -2.31. The molecule has 1 aromatic carbocycles. The highest BCUT2D eigenvalue weighted by atomic mass is 16.5. The van der Waals surface area contributed by atoms with Gasteiger partial charge >= 0.3 is 0 Å². The van der Waals surface area contributed by atoms with Crippen LogP contribution in [-0.4, -0.2) is 37.0 Å². The molecule has 1 fully saturated rings. The molecule has 6 heteroatoms. The van der Waals surface area contributed by atoms with E-state index in [0.717, 1.165) is 25.4 Å². The molecule has 1 aliphatic rings. The average molecular weight is 398 g/mol. The minimum Gasteiger partial charge on any atom is -0.619 e. The van der Waals surface area contributed by atoms with Gasteiger partial charge in [0.1, 0.15) is 11.3 Å². The van der Waals surface area contributed by atoms with Crippen molar-refractivity contribution in [2.45, 2.75) is 46.1 Å². The summed E-state index contributed by atoms with van der Waals surface area (Å²) in [6, 6.07) is 7.52. The number of aromatic nitrogens is 1. The first-order chi connectivity index (χ1) is 14.0. The highest BCUT2D eigenvalue weighted by Crippen LogP contribution is 2.27. The standard InChI is InChI=1S/C23H31N3O3/c1-18-14-19(2)21(17-25-10-4-3-5-11-25)22(15-18)29-13-7-9-24-23(27)20-8-6-12-26(28)16-20/h6,8,12,14-16H,3-5,7,9-11,13,17H2,1-2H3,(H,24,27). The minimum absolute atomic E-state index is 0.243. The highest BCUT2D eigenvalue weighted by molar-refractivity contribution is 5.93. The number of aryl methyl sites for hydroxylation is 2. The van der Waals surface area contributed by atoms with E-state index in [4.69, 9.17) is 4.74 Å². The molecule has 156 valence electrons. The van der Waals surface area contributed by atoms with Crippen molar-refractivity contribution in [3.8, 4) is 5.75 Å². The number of hydrogen-bond donors (Lipinski definition) is 1. The molecule has 0 radical (unpaired) electrons. The van der Waals surface area contributed by atoms with Crippen LogP contribution in [0.4, 0.5) is 0 Å². The number of hydrogen-bond acceptors (Lipinski definition) is 4.